The largest absolute Gasteiger partial charge is 0.463 e. The zero-order valence-electron chi connectivity index (χ0n) is 11.5. The molecule has 0 fully saturated rings. The summed E-state index contributed by atoms with van der Waals surface area (Å²) in [6.07, 6.45) is 0.990. The van der Waals surface area contributed by atoms with Crippen molar-refractivity contribution >= 4 is 32.4 Å². The van der Waals surface area contributed by atoms with Crippen molar-refractivity contribution in [1.82, 2.24) is 0 Å². The van der Waals surface area contributed by atoms with Gasteiger partial charge in [0.25, 0.3) is 0 Å². The van der Waals surface area contributed by atoms with Gasteiger partial charge in [-0.1, -0.05) is 23.2 Å². The Kier molecular flexibility index (Phi) is 3.54. The van der Waals surface area contributed by atoms with Crippen LogP contribution in [0.1, 0.15) is 5.56 Å². The SMILES string of the molecule is Cc1ccc2occ(S(=O)(=O)c3ccc(Cl)cc3)c(=O)c2c1. The second kappa shape index (κ2) is 5.26. The van der Waals surface area contributed by atoms with Gasteiger partial charge in [0.2, 0.25) is 15.3 Å². The minimum Gasteiger partial charge on any atom is -0.463 e. The topological polar surface area (TPSA) is 64.3 Å². The second-order valence-corrected chi connectivity index (χ2v) is 7.24. The Bertz CT molecular complexity index is 1020. The summed E-state index contributed by atoms with van der Waals surface area (Å²) in [7, 11) is -3.96. The van der Waals surface area contributed by atoms with Crippen molar-refractivity contribution in [3.05, 3.63) is 69.5 Å². The van der Waals surface area contributed by atoms with Crippen LogP contribution in [-0.4, -0.2) is 8.42 Å². The Morgan fingerprint density at radius 1 is 1.05 bits per heavy atom. The van der Waals surface area contributed by atoms with Crippen molar-refractivity contribution < 1.29 is 12.8 Å². The molecule has 0 N–H and O–H groups in total. The molecule has 0 unspecified atom stereocenters. The molecule has 0 atom stereocenters. The van der Waals surface area contributed by atoms with E-state index in [4.69, 9.17) is 16.0 Å². The van der Waals surface area contributed by atoms with Crippen molar-refractivity contribution in [1.29, 1.82) is 0 Å². The van der Waals surface area contributed by atoms with E-state index in [0.29, 0.717) is 10.6 Å². The summed E-state index contributed by atoms with van der Waals surface area (Å²) >= 11 is 5.76. The number of fused-ring (bicyclic) bond motifs is 1. The van der Waals surface area contributed by atoms with Crippen LogP contribution in [0.25, 0.3) is 11.0 Å². The van der Waals surface area contributed by atoms with Gasteiger partial charge in [0.05, 0.1) is 10.3 Å². The van der Waals surface area contributed by atoms with Gasteiger partial charge in [0, 0.05) is 5.02 Å². The molecule has 1 heterocycles. The van der Waals surface area contributed by atoms with Crippen LogP contribution in [0.5, 0.6) is 0 Å². The van der Waals surface area contributed by atoms with Gasteiger partial charge in [-0.25, -0.2) is 8.42 Å². The van der Waals surface area contributed by atoms with E-state index in [1.807, 2.05) is 6.92 Å². The molecule has 0 aliphatic carbocycles. The van der Waals surface area contributed by atoms with Crippen molar-refractivity contribution in [2.45, 2.75) is 16.7 Å². The summed E-state index contributed by atoms with van der Waals surface area (Å²) in [5.41, 5.74) is 0.631. The summed E-state index contributed by atoms with van der Waals surface area (Å²) in [6.45, 7) is 1.82. The van der Waals surface area contributed by atoms with Crippen molar-refractivity contribution in [3.63, 3.8) is 0 Å². The third kappa shape index (κ3) is 2.42. The molecular weight excluding hydrogens is 324 g/mol. The predicted octanol–water partition coefficient (Wildman–Crippen LogP) is 3.59. The highest BCUT2D eigenvalue weighted by Crippen LogP contribution is 2.22. The average molecular weight is 335 g/mol. The number of halogens is 1. The third-order valence-electron chi connectivity index (χ3n) is 3.31. The van der Waals surface area contributed by atoms with Crippen molar-refractivity contribution in [3.8, 4) is 0 Å². The standard InChI is InChI=1S/C16H11ClO4S/c1-10-2-7-14-13(8-10)16(18)15(9-21-14)22(19,20)12-5-3-11(17)4-6-12/h2-9H,1H3. The average Bonchev–Trinajstić information content (AvgIpc) is 2.48. The molecular formula is C16H11ClO4S. The van der Waals surface area contributed by atoms with Crippen LogP contribution in [0.15, 0.2) is 67.7 Å². The van der Waals surface area contributed by atoms with E-state index < -0.39 is 15.3 Å². The molecule has 0 aliphatic heterocycles. The molecule has 0 bridgehead atoms. The summed E-state index contributed by atoms with van der Waals surface area (Å²) in [6, 6.07) is 10.7. The zero-order valence-corrected chi connectivity index (χ0v) is 13.1. The quantitative estimate of drug-likeness (QED) is 0.718. The Balaban J connectivity index is 2.27. The van der Waals surface area contributed by atoms with Crippen LogP contribution >= 0.6 is 11.6 Å². The first kappa shape index (κ1) is 14.8. The van der Waals surface area contributed by atoms with Crippen molar-refractivity contribution in [2.75, 3.05) is 0 Å². The molecule has 0 spiro atoms. The van der Waals surface area contributed by atoms with Gasteiger partial charge in [-0.3, -0.25) is 4.79 Å². The van der Waals surface area contributed by atoms with E-state index in [1.165, 1.54) is 24.3 Å². The molecule has 2 aromatic carbocycles. The van der Waals surface area contributed by atoms with Gasteiger partial charge in [0.15, 0.2) is 4.90 Å². The smallest absolute Gasteiger partial charge is 0.213 e. The number of hydrogen-bond acceptors (Lipinski definition) is 4. The fourth-order valence-corrected chi connectivity index (χ4v) is 3.56. The molecule has 6 heteroatoms. The van der Waals surface area contributed by atoms with E-state index in [2.05, 4.69) is 0 Å². The molecule has 0 saturated carbocycles. The first-order valence-electron chi connectivity index (χ1n) is 6.42. The molecule has 0 aliphatic rings. The van der Waals surface area contributed by atoms with Crippen LogP contribution in [0, 0.1) is 6.92 Å². The minimum absolute atomic E-state index is 0.00352. The Labute approximate surface area is 131 Å². The number of hydrogen-bond donors (Lipinski definition) is 0. The Morgan fingerprint density at radius 3 is 2.41 bits per heavy atom. The van der Waals surface area contributed by atoms with Crippen LogP contribution in [0.3, 0.4) is 0 Å². The van der Waals surface area contributed by atoms with Gasteiger partial charge in [0.1, 0.15) is 11.8 Å². The maximum absolute atomic E-state index is 12.6. The van der Waals surface area contributed by atoms with Gasteiger partial charge >= 0.3 is 0 Å². The molecule has 0 amide bonds. The molecule has 4 nitrogen and oxygen atoms in total. The predicted molar refractivity (Wildman–Crippen MR) is 84.1 cm³/mol. The summed E-state index contributed by atoms with van der Waals surface area (Å²) in [5.74, 6) is 0. The lowest BCUT2D eigenvalue weighted by atomic mass is 10.1. The van der Waals surface area contributed by atoms with Crippen LogP contribution in [0.2, 0.25) is 5.02 Å². The van der Waals surface area contributed by atoms with E-state index in [1.54, 1.807) is 18.2 Å². The van der Waals surface area contributed by atoms with E-state index in [9.17, 15) is 13.2 Å². The van der Waals surface area contributed by atoms with Gasteiger partial charge < -0.3 is 4.42 Å². The molecule has 22 heavy (non-hydrogen) atoms. The lowest BCUT2D eigenvalue weighted by Gasteiger charge is -2.05. The summed E-state index contributed by atoms with van der Waals surface area (Å²) in [4.78, 5) is 12.1. The van der Waals surface area contributed by atoms with Crippen LogP contribution in [0.4, 0.5) is 0 Å². The van der Waals surface area contributed by atoms with Crippen LogP contribution in [-0.2, 0) is 9.84 Å². The monoisotopic (exact) mass is 334 g/mol. The first-order valence-corrected chi connectivity index (χ1v) is 8.28. The highest BCUT2D eigenvalue weighted by molar-refractivity contribution is 7.91. The highest BCUT2D eigenvalue weighted by atomic mass is 35.5. The number of rotatable bonds is 2. The van der Waals surface area contributed by atoms with Crippen LogP contribution < -0.4 is 5.43 Å². The maximum Gasteiger partial charge on any atom is 0.213 e. The number of sulfone groups is 1. The summed E-state index contributed by atoms with van der Waals surface area (Å²) in [5, 5.41) is 0.662. The third-order valence-corrected chi connectivity index (χ3v) is 5.32. The Morgan fingerprint density at radius 2 is 1.73 bits per heavy atom. The molecule has 3 rings (SSSR count). The minimum atomic E-state index is -3.96. The zero-order chi connectivity index (χ0) is 15.9. The van der Waals surface area contributed by atoms with Gasteiger partial charge in [-0.05, 0) is 43.3 Å². The van der Waals surface area contributed by atoms with Gasteiger partial charge in [-0.15, -0.1) is 0 Å². The molecule has 0 saturated heterocycles. The molecule has 3 aromatic rings. The molecule has 1 aromatic heterocycles. The van der Waals surface area contributed by atoms with E-state index >= 15 is 0 Å². The molecule has 112 valence electrons. The van der Waals surface area contributed by atoms with E-state index in [0.717, 1.165) is 11.8 Å². The normalized spacial score (nSPS) is 11.7. The van der Waals surface area contributed by atoms with E-state index in [-0.39, 0.29) is 15.2 Å². The lowest BCUT2D eigenvalue weighted by molar-refractivity contribution is 0.566. The number of benzene rings is 2. The van der Waals surface area contributed by atoms with Gasteiger partial charge in [-0.2, -0.15) is 0 Å². The maximum atomic E-state index is 12.6. The first-order chi connectivity index (χ1) is 10.4. The molecule has 0 radical (unpaired) electrons. The number of aryl methyl sites for hydroxylation is 1. The Hall–Kier alpha value is -2.11. The fraction of sp³-hybridized carbons (Fsp3) is 0.0625. The second-order valence-electron chi connectivity index (χ2n) is 4.89. The van der Waals surface area contributed by atoms with Crippen molar-refractivity contribution in [2.24, 2.45) is 0 Å². The lowest BCUT2D eigenvalue weighted by Crippen LogP contribution is -2.15. The summed E-state index contributed by atoms with van der Waals surface area (Å²) < 4.78 is 30.5. The highest BCUT2D eigenvalue weighted by Gasteiger charge is 2.23. The fourth-order valence-electron chi connectivity index (χ4n) is 2.15.